The van der Waals surface area contributed by atoms with Crippen molar-refractivity contribution in [3.05, 3.63) is 0 Å². The maximum Gasteiger partial charge on any atom is 0.306 e. The second kappa shape index (κ2) is 6.68. The molecule has 2 fully saturated rings. The monoisotopic (exact) mass is 281 g/mol. The fourth-order valence-corrected chi connectivity index (χ4v) is 2.59. The minimum Gasteiger partial charge on any atom is -0.481 e. The topological polar surface area (TPSA) is 93.9 Å². The number of morpholine rings is 1. The van der Waals surface area contributed by atoms with E-state index in [0.717, 1.165) is 0 Å². The standard InChI is InChI=1S/C13H19N3O4/c14-7-11-8-15(5-6-20-11)9-12(17)16-3-1-10(2-4-16)13(18)19/h10-11H,1-6,8-9H2,(H,18,19). The Morgan fingerprint density at radius 1 is 1.30 bits per heavy atom. The van der Waals surface area contributed by atoms with Gasteiger partial charge in [-0.1, -0.05) is 0 Å². The van der Waals surface area contributed by atoms with Crippen molar-refractivity contribution in [2.45, 2.75) is 18.9 Å². The molecule has 1 N–H and O–H groups in total. The Bertz CT molecular complexity index is 412. The summed E-state index contributed by atoms with van der Waals surface area (Å²) < 4.78 is 5.23. The van der Waals surface area contributed by atoms with Gasteiger partial charge in [0.25, 0.3) is 0 Å². The normalized spacial score (nSPS) is 25.1. The van der Waals surface area contributed by atoms with Gasteiger partial charge in [0.2, 0.25) is 5.91 Å². The Labute approximate surface area is 117 Å². The summed E-state index contributed by atoms with van der Waals surface area (Å²) in [5.74, 6) is -1.10. The van der Waals surface area contributed by atoms with Crippen LogP contribution in [-0.4, -0.2) is 72.2 Å². The van der Waals surface area contributed by atoms with Gasteiger partial charge in [-0.15, -0.1) is 0 Å². The van der Waals surface area contributed by atoms with Crippen LogP contribution in [0.5, 0.6) is 0 Å². The molecule has 20 heavy (non-hydrogen) atoms. The molecule has 1 atom stereocenters. The number of nitrogens with zero attached hydrogens (tertiary/aromatic N) is 3. The molecule has 1 unspecified atom stereocenters. The van der Waals surface area contributed by atoms with Crippen LogP contribution >= 0.6 is 0 Å². The molecule has 2 aliphatic heterocycles. The molecule has 0 aliphatic carbocycles. The molecular formula is C13H19N3O4. The smallest absolute Gasteiger partial charge is 0.306 e. The van der Waals surface area contributed by atoms with Crippen molar-refractivity contribution in [1.82, 2.24) is 9.80 Å². The molecule has 2 aliphatic rings. The maximum absolute atomic E-state index is 12.2. The van der Waals surface area contributed by atoms with Crippen LogP contribution in [0.25, 0.3) is 0 Å². The lowest BCUT2D eigenvalue weighted by molar-refractivity contribution is -0.146. The van der Waals surface area contributed by atoms with Crippen LogP contribution in [-0.2, 0) is 14.3 Å². The Morgan fingerprint density at radius 3 is 2.60 bits per heavy atom. The van der Waals surface area contributed by atoms with Gasteiger partial charge in [0.15, 0.2) is 6.10 Å². The maximum atomic E-state index is 12.2. The summed E-state index contributed by atoms with van der Waals surface area (Å²) in [6, 6.07) is 2.05. The number of nitriles is 1. The van der Waals surface area contributed by atoms with Crippen molar-refractivity contribution >= 4 is 11.9 Å². The first-order chi connectivity index (χ1) is 9.60. The van der Waals surface area contributed by atoms with Crippen LogP contribution in [0, 0.1) is 17.2 Å². The molecule has 7 nitrogen and oxygen atoms in total. The van der Waals surface area contributed by atoms with Crippen molar-refractivity contribution in [2.24, 2.45) is 5.92 Å². The summed E-state index contributed by atoms with van der Waals surface area (Å²) >= 11 is 0. The number of carboxylic acids is 1. The van der Waals surface area contributed by atoms with Crippen LogP contribution < -0.4 is 0 Å². The highest BCUT2D eigenvalue weighted by Gasteiger charge is 2.29. The molecular weight excluding hydrogens is 262 g/mol. The Morgan fingerprint density at radius 2 is 2.00 bits per heavy atom. The molecule has 2 saturated heterocycles. The highest BCUT2D eigenvalue weighted by atomic mass is 16.5. The Balaban J connectivity index is 1.78. The largest absolute Gasteiger partial charge is 0.481 e. The first kappa shape index (κ1) is 14.8. The second-order valence-electron chi connectivity index (χ2n) is 5.22. The van der Waals surface area contributed by atoms with Crippen LogP contribution in [0.4, 0.5) is 0 Å². The number of ether oxygens (including phenoxy) is 1. The molecule has 0 aromatic heterocycles. The van der Waals surface area contributed by atoms with Crippen molar-refractivity contribution in [1.29, 1.82) is 5.26 Å². The molecule has 2 heterocycles. The Hall–Kier alpha value is -1.65. The molecule has 0 spiro atoms. The van der Waals surface area contributed by atoms with E-state index in [9.17, 15) is 9.59 Å². The summed E-state index contributed by atoms with van der Waals surface area (Å²) in [5.41, 5.74) is 0. The van der Waals surface area contributed by atoms with Crippen LogP contribution in [0.1, 0.15) is 12.8 Å². The summed E-state index contributed by atoms with van der Waals surface area (Å²) in [7, 11) is 0. The predicted octanol–water partition coefficient (Wildman–Crippen LogP) is -0.466. The van der Waals surface area contributed by atoms with E-state index in [-0.39, 0.29) is 18.4 Å². The zero-order valence-electron chi connectivity index (χ0n) is 11.3. The minimum atomic E-state index is -0.776. The van der Waals surface area contributed by atoms with Gasteiger partial charge in [-0.25, -0.2) is 0 Å². The molecule has 0 aromatic rings. The summed E-state index contributed by atoms with van der Waals surface area (Å²) in [6.07, 6.45) is 0.574. The predicted molar refractivity (Wildman–Crippen MR) is 68.7 cm³/mol. The fraction of sp³-hybridized carbons (Fsp3) is 0.769. The van der Waals surface area contributed by atoms with Crippen LogP contribution in [0.3, 0.4) is 0 Å². The molecule has 110 valence electrons. The number of aliphatic carboxylic acids is 1. The van der Waals surface area contributed by atoms with E-state index in [1.807, 2.05) is 4.90 Å². The van der Waals surface area contributed by atoms with Gasteiger partial charge >= 0.3 is 5.97 Å². The third-order valence-electron chi connectivity index (χ3n) is 3.85. The average molecular weight is 281 g/mol. The van der Waals surface area contributed by atoms with Gasteiger partial charge in [-0.3, -0.25) is 14.5 Å². The highest BCUT2D eigenvalue weighted by Crippen LogP contribution is 2.17. The SMILES string of the molecule is N#CC1CN(CC(=O)N2CCC(C(=O)O)CC2)CCO1. The molecule has 0 bridgehead atoms. The molecule has 2 rings (SSSR count). The lowest BCUT2D eigenvalue weighted by atomic mass is 9.97. The molecule has 0 radical (unpaired) electrons. The number of carbonyl (C=O) groups is 2. The summed E-state index contributed by atoms with van der Waals surface area (Å²) in [4.78, 5) is 26.6. The van der Waals surface area contributed by atoms with E-state index >= 15 is 0 Å². The molecule has 1 amide bonds. The van der Waals surface area contributed by atoms with Crippen LogP contribution in [0.2, 0.25) is 0 Å². The fourth-order valence-electron chi connectivity index (χ4n) is 2.59. The minimum absolute atomic E-state index is 0.00688. The number of hydrogen-bond acceptors (Lipinski definition) is 5. The number of carbonyl (C=O) groups excluding carboxylic acids is 1. The third kappa shape index (κ3) is 3.68. The lowest BCUT2D eigenvalue weighted by Crippen LogP contribution is -2.49. The lowest BCUT2D eigenvalue weighted by Gasteiger charge is -2.34. The van der Waals surface area contributed by atoms with Gasteiger partial charge in [0.1, 0.15) is 0 Å². The second-order valence-corrected chi connectivity index (χ2v) is 5.22. The highest BCUT2D eigenvalue weighted by molar-refractivity contribution is 5.79. The van der Waals surface area contributed by atoms with Gasteiger partial charge in [-0.2, -0.15) is 5.26 Å². The number of likely N-dealkylation sites (tertiary alicyclic amines) is 1. The van der Waals surface area contributed by atoms with E-state index in [1.54, 1.807) is 4.90 Å². The molecule has 7 heteroatoms. The van der Waals surface area contributed by atoms with Gasteiger partial charge in [0, 0.05) is 26.2 Å². The van der Waals surface area contributed by atoms with Crippen molar-refractivity contribution in [2.75, 3.05) is 39.3 Å². The van der Waals surface area contributed by atoms with Crippen molar-refractivity contribution < 1.29 is 19.4 Å². The van der Waals surface area contributed by atoms with E-state index in [2.05, 4.69) is 6.07 Å². The Kier molecular flexibility index (Phi) is 4.93. The molecule has 0 saturated carbocycles. The zero-order chi connectivity index (χ0) is 14.5. The van der Waals surface area contributed by atoms with E-state index in [1.165, 1.54) is 0 Å². The zero-order valence-corrected chi connectivity index (χ0v) is 11.3. The van der Waals surface area contributed by atoms with Gasteiger partial charge < -0.3 is 14.7 Å². The number of rotatable bonds is 3. The number of carboxylic acid groups (broad SMARTS) is 1. The summed E-state index contributed by atoms with van der Waals surface area (Å²) in [5, 5.41) is 17.7. The van der Waals surface area contributed by atoms with E-state index < -0.39 is 12.1 Å². The number of piperidine rings is 1. The quantitative estimate of drug-likeness (QED) is 0.752. The van der Waals surface area contributed by atoms with Gasteiger partial charge in [-0.05, 0) is 12.8 Å². The third-order valence-corrected chi connectivity index (χ3v) is 3.85. The first-order valence-electron chi connectivity index (χ1n) is 6.84. The summed E-state index contributed by atoms with van der Waals surface area (Å²) in [6.45, 7) is 2.85. The van der Waals surface area contributed by atoms with Crippen molar-refractivity contribution in [3.63, 3.8) is 0 Å². The van der Waals surface area contributed by atoms with E-state index in [4.69, 9.17) is 15.1 Å². The number of amides is 1. The number of hydrogen-bond donors (Lipinski definition) is 1. The van der Waals surface area contributed by atoms with Crippen LogP contribution in [0.15, 0.2) is 0 Å². The van der Waals surface area contributed by atoms with Crippen molar-refractivity contribution in [3.8, 4) is 6.07 Å². The van der Waals surface area contributed by atoms with Gasteiger partial charge in [0.05, 0.1) is 25.1 Å². The first-order valence-corrected chi connectivity index (χ1v) is 6.84. The molecule has 0 aromatic carbocycles. The average Bonchev–Trinajstić information content (AvgIpc) is 2.47. The van der Waals surface area contributed by atoms with E-state index in [0.29, 0.717) is 45.6 Å².